The van der Waals surface area contributed by atoms with Crippen LogP contribution in [0.5, 0.6) is 0 Å². The summed E-state index contributed by atoms with van der Waals surface area (Å²) in [4.78, 5) is 21.1. The van der Waals surface area contributed by atoms with Crippen molar-refractivity contribution in [2.75, 3.05) is 11.4 Å². The number of likely N-dealkylation sites (tertiary alicyclic amines) is 1. The molecule has 2 saturated heterocycles. The minimum atomic E-state index is 0.197. The third-order valence-electron chi connectivity index (χ3n) is 5.25. The van der Waals surface area contributed by atoms with E-state index in [1.54, 1.807) is 12.4 Å². The Kier molecular flexibility index (Phi) is 4.21. The standard InChI is InChI=1S/C20H20N4O/c21-12-15-3-1-4-16(11-15)14-23-10-8-19-18(23)6-7-20(25)24(19)17-5-2-9-22-13-17/h1-5,9,11,13,18-19H,6-8,10,14H2. The van der Waals surface area contributed by atoms with Gasteiger partial charge in [-0.3, -0.25) is 14.7 Å². The molecule has 2 fully saturated rings. The van der Waals surface area contributed by atoms with Crippen molar-refractivity contribution in [3.05, 3.63) is 59.9 Å². The lowest BCUT2D eigenvalue weighted by Crippen LogP contribution is -2.52. The second kappa shape index (κ2) is 6.66. The molecule has 2 aromatic rings. The molecule has 0 saturated carbocycles. The minimum absolute atomic E-state index is 0.197. The fourth-order valence-corrected chi connectivity index (χ4v) is 4.15. The van der Waals surface area contributed by atoms with Gasteiger partial charge in [0.1, 0.15) is 0 Å². The number of carbonyl (C=O) groups excluding carboxylic acids is 1. The zero-order valence-electron chi connectivity index (χ0n) is 14.0. The maximum atomic E-state index is 12.5. The van der Waals surface area contributed by atoms with Gasteiger partial charge in [-0.25, -0.2) is 0 Å². The van der Waals surface area contributed by atoms with Crippen molar-refractivity contribution in [1.82, 2.24) is 9.88 Å². The fourth-order valence-electron chi connectivity index (χ4n) is 4.15. The first-order chi connectivity index (χ1) is 12.3. The molecule has 0 bridgehead atoms. The van der Waals surface area contributed by atoms with Crippen molar-refractivity contribution in [1.29, 1.82) is 5.26 Å². The number of piperidine rings is 1. The Labute approximate surface area is 147 Å². The number of carbonyl (C=O) groups is 1. The van der Waals surface area contributed by atoms with Gasteiger partial charge in [-0.05, 0) is 42.7 Å². The van der Waals surface area contributed by atoms with Gasteiger partial charge in [0.25, 0.3) is 0 Å². The smallest absolute Gasteiger partial charge is 0.227 e. The van der Waals surface area contributed by atoms with Gasteiger partial charge >= 0.3 is 0 Å². The first-order valence-corrected chi connectivity index (χ1v) is 8.71. The Bertz CT molecular complexity index is 814. The van der Waals surface area contributed by atoms with E-state index in [2.05, 4.69) is 22.0 Å². The van der Waals surface area contributed by atoms with Gasteiger partial charge in [-0.2, -0.15) is 5.26 Å². The van der Waals surface area contributed by atoms with Crippen molar-refractivity contribution < 1.29 is 4.79 Å². The third-order valence-corrected chi connectivity index (χ3v) is 5.25. The highest BCUT2D eigenvalue weighted by Crippen LogP contribution is 2.35. The Morgan fingerprint density at radius 3 is 2.92 bits per heavy atom. The first kappa shape index (κ1) is 15.8. The summed E-state index contributed by atoms with van der Waals surface area (Å²) in [7, 11) is 0. The van der Waals surface area contributed by atoms with E-state index in [0.717, 1.165) is 37.2 Å². The van der Waals surface area contributed by atoms with Crippen LogP contribution in [0.2, 0.25) is 0 Å². The van der Waals surface area contributed by atoms with Gasteiger partial charge in [0.2, 0.25) is 5.91 Å². The van der Waals surface area contributed by atoms with Gasteiger partial charge in [-0.1, -0.05) is 12.1 Å². The van der Waals surface area contributed by atoms with E-state index in [0.29, 0.717) is 18.0 Å². The van der Waals surface area contributed by atoms with Crippen LogP contribution in [0.15, 0.2) is 48.8 Å². The number of pyridine rings is 1. The van der Waals surface area contributed by atoms with E-state index in [1.165, 1.54) is 0 Å². The molecule has 2 unspecified atom stereocenters. The van der Waals surface area contributed by atoms with Gasteiger partial charge in [0, 0.05) is 31.7 Å². The molecule has 5 nitrogen and oxygen atoms in total. The molecule has 5 heteroatoms. The summed E-state index contributed by atoms with van der Waals surface area (Å²) >= 11 is 0. The Hall–Kier alpha value is -2.71. The van der Waals surface area contributed by atoms with Crippen LogP contribution in [0.4, 0.5) is 5.69 Å². The van der Waals surface area contributed by atoms with Gasteiger partial charge in [-0.15, -0.1) is 0 Å². The number of hydrogen-bond donors (Lipinski definition) is 0. The monoisotopic (exact) mass is 332 g/mol. The van der Waals surface area contributed by atoms with Crippen LogP contribution < -0.4 is 4.90 Å². The molecule has 4 rings (SSSR count). The molecule has 1 amide bonds. The number of aromatic nitrogens is 1. The lowest BCUT2D eigenvalue weighted by Gasteiger charge is -2.39. The number of hydrogen-bond acceptors (Lipinski definition) is 4. The van der Waals surface area contributed by atoms with Crippen LogP contribution in [0, 0.1) is 11.3 Å². The molecule has 1 aromatic carbocycles. The highest BCUT2D eigenvalue weighted by atomic mass is 16.2. The second-order valence-corrected chi connectivity index (χ2v) is 6.72. The van der Waals surface area contributed by atoms with E-state index in [-0.39, 0.29) is 11.9 Å². The lowest BCUT2D eigenvalue weighted by molar-refractivity contribution is -0.120. The van der Waals surface area contributed by atoms with E-state index in [4.69, 9.17) is 5.26 Å². The molecule has 2 aliphatic heterocycles. The van der Waals surface area contributed by atoms with Crippen LogP contribution in [0.25, 0.3) is 0 Å². The SMILES string of the molecule is N#Cc1cccc(CN2CCC3C2CCC(=O)N3c2cccnc2)c1. The van der Waals surface area contributed by atoms with Crippen LogP contribution in [-0.2, 0) is 11.3 Å². The molecule has 3 heterocycles. The highest BCUT2D eigenvalue weighted by molar-refractivity contribution is 5.95. The number of fused-ring (bicyclic) bond motifs is 1. The van der Waals surface area contributed by atoms with Crippen LogP contribution in [0.1, 0.15) is 30.4 Å². The van der Waals surface area contributed by atoms with E-state index >= 15 is 0 Å². The zero-order valence-corrected chi connectivity index (χ0v) is 14.0. The number of rotatable bonds is 3. The lowest BCUT2D eigenvalue weighted by atomic mass is 9.95. The maximum Gasteiger partial charge on any atom is 0.227 e. The Morgan fingerprint density at radius 1 is 1.20 bits per heavy atom. The third kappa shape index (κ3) is 3.01. The molecule has 0 radical (unpaired) electrons. The summed E-state index contributed by atoms with van der Waals surface area (Å²) in [5.74, 6) is 0.197. The first-order valence-electron chi connectivity index (χ1n) is 8.71. The van der Waals surface area contributed by atoms with Crippen LogP contribution in [-0.4, -0.2) is 34.4 Å². The topological polar surface area (TPSA) is 60.2 Å². The summed E-state index contributed by atoms with van der Waals surface area (Å²) in [6.45, 7) is 1.79. The van der Waals surface area contributed by atoms with Crippen molar-refractivity contribution >= 4 is 11.6 Å². The number of nitriles is 1. The largest absolute Gasteiger partial charge is 0.306 e. The molecule has 0 N–H and O–H groups in total. The normalized spacial score (nSPS) is 23.3. The van der Waals surface area contributed by atoms with E-state index < -0.39 is 0 Å². The molecule has 0 spiro atoms. The van der Waals surface area contributed by atoms with Gasteiger partial charge < -0.3 is 4.90 Å². The molecule has 1 aromatic heterocycles. The maximum absolute atomic E-state index is 12.5. The van der Waals surface area contributed by atoms with Crippen molar-refractivity contribution in [2.24, 2.45) is 0 Å². The summed E-state index contributed by atoms with van der Waals surface area (Å²) in [5.41, 5.74) is 2.75. The Morgan fingerprint density at radius 2 is 2.12 bits per heavy atom. The van der Waals surface area contributed by atoms with E-state index in [1.807, 2.05) is 35.2 Å². The molecule has 2 aliphatic rings. The highest BCUT2D eigenvalue weighted by Gasteiger charge is 2.43. The van der Waals surface area contributed by atoms with Crippen LogP contribution >= 0.6 is 0 Å². The van der Waals surface area contributed by atoms with Crippen molar-refractivity contribution in [3.63, 3.8) is 0 Å². The molecular weight excluding hydrogens is 312 g/mol. The number of amides is 1. The molecule has 126 valence electrons. The number of anilines is 1. The Balaban J connectivity index is 1.55. The van der Waals surface area contributed by atoms with Gasteiger partial charge in [0.05, 0.1) is 29.6 Å². The molecule has 0 aliphatic carbocycles. The number of benzene rings is 1. The number of nitrogens with zero attached hydrogens (tertiary/aromatic N) is 4. The average Bonchev–Trinajstić information content (AvgIpc) is 3.05. The second-order valence-electron chi connectivity index (χ2n) is 6.72. The quantitative estimate of drug-likeness (QED) is 0.867. The average molecular weight is 332 g/mol. The van der Waals surface area contributed by atoms with Crippen molar-refractivity contribution in [3.8, 4) is 6.07 Å². The summed E-state index contributed by atoms with van der Waals surface area (Å²) < 4.78 is 0. The van der Waals surface area contributed by atoms with Gasteiger partial charge in [0.15, 0.2) is 0 Å². The van der Waals surface area contributed by atoms with E-state index in [9.17, 15) is 4.79 Å². The molecule has 25 heavy (non-hydrogen) atoms. The summed E-state index contributed by atoms with van der Waals surface area (Å²) in [5, 5.41) is 9.09. The summed E-state index contributed by atoms with van der Waals surface area (Å²) in [6.07, 6.45) is 5.96. The summed E-state index contributed by atoms with van der Waals surface area (Å²) in [6, 6.07) is 14.4. The fraction of sp³-hybridized carbons (Fsp3) is 0.350. The van der Waals surface area contributed by atoms with Crippen molar-refractivity contribution in [2.45, 2.75) is 37.9 Å². The van der Waals surface area contributed by atoms with Crippen LogP contribution in [0.3, 0.4) is 0 Å². The predicted octanol–water partition coefficient (Wildman–Crippen LogP) is 2.72. The molecule has 2 atom stereocenters. The zero-order chi connectivity index (χ0) is 17.2. The predicted molar refractivity (Wildman–Crippen MR) is 94.7 cm³/mol. The minimum Gasteiger partial charge on any atom is -0.306 e. The molecular formula is C20H20N4O.